The summed E-state index contributed by atoms with van der Waals surface area (Å²) in [5.74, 6) is 2.66. The molecule has 0 amide bonds. The summed E-state index contributed by atoms with van der Waals surface area (Å²) in [4.78, 5) is 7.04. The predicted octanol–water partition coefficient (Wildman–Crippen LogP) is 4.78. The van der Waals surface area contributed by atoms with E-state index in [2.05, 4.69) is 36.4 Å². The van der Waals surface area contributed by atoms with E-state index >= 15 is 0 Å². The second-order valence-corrected chi connectivity index (χ2v) is 7.23. The van der Waals surface area contributed by atoms with Crippen molar-refractivity contribution in [1.29, 1.82) is 0 Å². The van der Waals surface area contributed by atoms with Crippen LogP contribution in [0.4, 0.5) is 0 Å². The average molecular weight is 356 g/mol. The number of aryl methyl sites for hydroxylation is 1. The number of thiazole rings is 1. The maximum Gasteiger partial charge on any atom is 0.162 e. The van der Waals surface area contributed by atoms with E-state index in [4.69, 9.17) is 14.1 Å². The molecule has 0 radical (unpaired) electrons. The maximum absolute atomic E-state index is 5.66. The minimum Gasteiger partial charge on any atom is -0.497 e. The van der Waals surface area contributed by atoms with Crippen molar-refractivity contribution in [2.45, 2.75) is 32.9 Å². The monoisotopic (exact) mass is 356 g/mol. The Morgan fingerprint density at radius 1 is 1.20 bits per heavy atom. The van der Waals surface area contributed by atoms with E-state index in [0.29, 0.717) is 6.04 Å². The van der Waals surface area contributed by atoms with Gasteiger partial charge < -0.3 is 9.15 Å². The van der Waals surface area contributed by atoms with Gasteiger partial charge in [0.05, 0.1) is 12.8 Å². The summed E-state index contributed by atoms with van der Waals surface area (Å²) in [6, 6.07) is 12.7. The zero-order valence-corrected chi connectivity index (χ0v) is 16.0. The number of likely N-dealkylation sites (N-methyl/N-ethyl adjacent to an activating group) is 1. The summed E-state index contributed by atoms with van der Waals surface area (Å²) in [6.07, 6.45) is 0.995. The van der Waals surface area contributed by atoms with E-state index in [1.165, 1.54) is 5.56 Å². The number of nitrogens with zero attached hydrogens (tertiary/aromatic N) is 2. The Balaban J connectivity index is 1.59. The molecule has 132 valence electrons. The Labute approximate surface area is 153 Å². The second kappa shape index (κ2) is 7.85. The summed E-state index contributed by atoms with van der Waals surface area (Å²) in [5, 5.41) is 3.06. The number of aromatic nitrogens is 1. The van der Waals surface area contributed by atoms with Crippen LogP contribution in [-0.2, 0) is 13.0 Å². The van der Waals surface area contributed by atoms with Crippen molar-refractivity contribution in [3.63, 3.8) is 0 Å². The Kier molecular flexibility index (Phi) is 5.56. The highest BCUT2D eigenvalue weighted by atomic mass is 32.1. The molecule has 0 aliphatic carbocycles. The Hall–Kier alpha value is -2.11. The first kappa shape index (κ1) is 17.7. The normalized spacial score (nSPS) is 12.5. The zero-order chi connectivity index (χ0) is 17.8. The fourth-order valence-corrected chi connectivity index (χ4v) is 3.48. The molecule has 2 heterocycles. The molecule has 0 bridgehead atoms. The van der Waals surface area contributed by atoms with Gasteiger partial charge in [-0.3, -0.25) is 4.90 Å². The number of furan rings is 1. The summed E-state index contributed by atoms with van der Waals surface area (Å²) >= 11 is 1.63. The van der Waals surface area contributed by atoms with Gasteiger partial charge in [-0.15, -0.1) is 11.3 Å². The van der Waals surface area contributed by atoms with Crippen molar-refractivity contribution in [2.24, 2.45) is 0 Å². The molecule has 25 heavy (non-hydrogen) atoms. The summed E-state index contributed by atoms with van der Waals surface area (Å²) in [6.45, 7) is 5.02. The number of methoxy groups -OCH3 is 1. The first-order valence-electron chi connectivity index (χ1n) is 8.39. The van der Waals surface area contributed by atoms with Crippen LogP contribution in [0.2, 0.25) is 0 Å². The number of ether oxygens (including phenoxy) is 1. The van der Waals surface area contributed by atoms with Crippen LogP contribution in [0, 0.1) is 6.92 Å². The SMILES string of the molecule is COc1ccc(CC(C)N(C)Cc2csc(-c3ccc(C)o3)n2)cc1. The molecule has 3 rings (SSSR count). The molecule has 0 saturated heterocycles. The van der Waals surface area contributed by atoms with Crippen LogP contribution in [0.25, 0.3) is 10.8 Å². The minimum absolute atomic E-state index is 0.421. The number of hydrogen-bond donors (Lipinski definition) is 0. The van der Waals surface area contributed by atoms with Gasteiger partial charge in [-0.25, -0.2) is 4.98 Å². The highest BCUT2D eigenvalue weighted by molar-refractivity contribution is 7.13. The third kappa shape index (κ3) is 4.50. The highest BCUT2D eigenvalue weighted by Crippen LogP contribution is 2.26. The lowest BCUT2D eigenvalue weighted by Crippen LogP contribution is -2.30. The molecule has 4 nitrogen and oxygen atoms in total. The van der Waals surface area contributed by atoms with Crippen molar-refractivity contribution in [1.82, 2.24) is 9.88 Å². The third-order valence-electron chi connectivity index (χ3n) is 4.36. The van der Waals surface area contributed by atoms with E-state index < -0.39 is 0 Å². The molecule has 1 atom stereocenters. The average Bonchev–Trinajstić information content (AvgIpc) is 3.24. The largest absolute Gasteiger partial charge is 0.497 e. The number of benzene rings is 1. The molecule has 1 aromatic carbocycles. The maximum atomic E-state index is 5.66. The Morgan fingerprint density at radius 3 is 2.60 bits per heavy atom. The molecule has 0 spiro atoms. The standard InChI is InChI=1S/C20H24N2O2S/c1-14(11-16-6-8-18(23-4)9-7-16)22(3)12-17-13-25-20(21-17)19-10-5-15(2)24-19/h5-10,13-14H,11-12H2,1-4H3. The first-order valence-corrected chi connectivity index (χ1v) is 9.27. The van der Waals surface area contributed by atoms with Gasteiger partial charge >= 0.3 is 0 Å². The second-order valence-electron chi connectivity index (χ2n) is 6.37. The van der Waals surface area contributed by atoms with Crippen LogP contribution in [-0.4, -0.2) is 30.1 Å². The molecule has 1 unspecified atom stereocenters. The van der Waals surface area contributed by atoms with E-state index in [0.717, 1.165) is 40.9 Å². The molecule has 0 fully saturated rings. The molecular formula is C20H24N2O2S. The van der Waals surface area contributed by atoms with Gasteiger partial charge in [0, 0.05) is 18.0 Å². The van der Waals surface area contributed by atoms with Gasteiger partial charge in [-0.2, -0.15) is 0 Å². The fraction of sp³-hybridized carbons (Fsp3) is 0.350. The molecule has 0 aliphatic rings. The van der Waals surface area contributed by atoms with Crippen molar-refractivity contribution in [3.05, 3.63) is 58.8 Å². The van der Waals surface area contributed by atoms with Gasteiger partial charge in [0.25, 0.3) is 0 Å². The van der Waals surface area contributed by atoms with Crippen LogP contribution in [0.15, 0.2) is 46.2 Å². The topological polar surface area (TPSA) is 38.5 Å². The van der Waals surface area contributed by atoms with Gasteiger partial charge in [-0.05, 0) is 57.1 Å². The third-order valence-corrected chi connectivity index (χ3v) is 5.26. The number of rotatable bonds is 7. The molecular weight excluding hydrogens is 332 g/mol. The van der Waals surface area contributed by atoms with Gasteiger partial charge in [0.1, 0.15) is 11.5 Å². The van der Waals surface area contributed by atoms with E-state index in [-0.39, 0.29) is 0 Å². The van der Waals surface area contributed by atoms with E-state index in [9.17, 15) is 0 Å². The first-order chi connectivity index (χ1) is 12.0. The van der Waals surface area contributed by atoms with Crippen molar-refractivity contribution < 1.29 is 9.15 Å². The predicted molar refractivity (Wildman–Crippen MR) is 102 cm³/mol. The molecule has 2 aromatic heterocycles. The Bertz CT molecular complexity index is 807. The van der Waals surface area contributed by atoms with Crippen LogP contribution < -0.4 is 4.74 Å². The minimum atomic E-state index is 0.421. The molecule has 0 saturated carbocycles. The molecule has 3 aromatic rings. The van der Waals surface area contributed by atoms with Crippen LogP contribution in [0.3, 0.4) is 0 Å². The lowest BCUT2D eigenvalue weighted by Gasteiger charge is -2.24. The lowest BCUT2D eigenvalue weighted by atomic mass is 10.1. The van der Waals surface area contributed by atoms with Gasteiger partial charge in [-0.1, -0.05) is 12.1 Å². The van der Waals surface area contributed by atoms with Gasteiger partial charge in [0.2, 0.25) is 0 Å². The van der Waals surface area contributed by atoms with Crippen molar-refractivity contribution in [2.75, 3.05) is 14.2 Å². The van der Waals surface area contributed by atoms with Crippen molar-refractivity contribution in [3.8, 4) is 16.5 Å². The molecule has 0 aliphatic heterocycles. The quantitative estimate of drug-likeness (QED) is 0.610. The van der Waals surface area contributed by atoms with E-state index in [1.807, 2.05) is 31.2 Å². The summed E-state index contributed by atoms with van der Waals surface area (Å²) in [7, 11) is 3.84. The van der Waals surface area contributed by atoms with Crippen LogP contribution >= 0.6 is 11.3 Å². The molecule has 5 heteroatoms. The van der Waals surface area contributed by atoms with Crippen LogP contribution in [0.5, 0.6) is 5.75 Å². The Morgan fingerprint density at radius 2 is 1.96 bits per heavy atom. The zero-order valence-electron chi connectivity index (χ0n) is 15.2. The summed E-state index contributed by atoms with van der Waals surface area (Å²) in [5.41, 5.74) is 2.39. The van der Waals surface area contributed by atoms with E-state index in [1.54, 1.807) is 18.4 Å². The lowest BCUT2D eigenvalue weighted by molar-refractivity contribution is 0.245. The number of hydrogen-bond acceptors (Lipinski definition) is 5. The molecule has 0 N–H and O–H groups in total. The highest BCUT2D eigenvalue weighted by Gasteiger charge is 2.14. The summed E-state index contributed by atoms with van der Waals surface area (Å²) < 4.78 is 10.9. The van der Waals surface area contributed by atoms with Crippen molar-refractivity contribution >= 4 is 11.3 Å². The van der Waals surface area contributed by atoms with Gasteiger partial charge in [0.15, 0.2) is 10.8 Å². The fourth-order valence-electron chi connectivity index (χ4n) is 2.71. The smallest absolute Gasteiger partial charge is 0.162 e. The van der Waals surface area contributed by atoms with Crippen LogP contribution in [0.1, 0.15) is 23.9 Å².